The first kappa shape index (κ1) is 18.3. The standard InChI is InChI=1S/C17H17N3O4S/c1-4-24-16(21)12(8-18)9-19-17-20-13(10-25-17)11-5-6-14(22-2)15(7-11)23-3/h5-7,9-10H,4H2,1-3H3,(H,19,20)/b12-9+. The number of nitrogens with one attached hydrogen (secondary N) is 1. The highest BCUT2D eigenvalue weighted by Crippen LogP contribution is 2.33. The van der Waals surface area contributed by atoms with Crippen LogP contribution in [0, 0.1) is 11.3 Å². The van der Waals surface area contributed by atoms with Gasteiger partial charge in [-0.2, -0.15) is 5.26 Å². The van der Waals surface area contributed by atoms with E-state index in [4.69, 9.17) is 19.5 Å². The molecule has 0 atom stereocenters. The lowest BCUT2D eigenvalue weighted by Gasteiger charge is -2.08. The van der Waals surface area contributed by atoms with Crippen LogP contribution in [-0.4, -0.2) is 31.8 Å². The van der Waals surface area contributed by atoms with Crippen molar-refractivity contribution in [1.82, 2.24) is 4.98 Å². The minimum Gasteiger partial charge on any atom is -0.493 e. The number of benzene rings is 1. The number of ether oxygens (including phenoxy) is 3. The van der Waals surface area contributed by atoms with Crippen LogP contribution in [0.5, 0.6) is 11.5 Å². The van der Waals surface area contributed by atoms with Crippen LogP contribution >= 0.6 is 11.3 Å². The number of carbonyl (C=O) groups excluding carboxylic acids is 1. The van der Waals surface area contributed by atoms with Crippen LogP contribution in [0.1, 0.15) is 6.92 Å². The zero-order valence-corrected chi connectivity index (χ0v) is 14.8. The Labute approximate surface area is 149 Å². The Hall–Kier alpha value is -3.05. The molecule has 0 bridgehead atoms. The molecule has 1 heterocycles. The van der Waals surface area contributed by atoms with Crippen molar-refractivity contribution in [3.63, 3.8) is 0 Å². The number of nitrogens with zero attached hydrogens (tertiary/aromatic N) is 2. The van der Waals surface area contributed by atoms with Gasteiger partial charge in [-0.05, 0) is 25.1 Å². The van der Waals surface area contributed by atoms with Gasteiger partial charge in [0.25, 0.3) is 0 Å². The summed E-state index contributed by atoms with van der Waals surface area (Å²) in [5, 5.41) is 14.2. The number of nitriles is 1. The largest absolute Gasteiger partial charge is 0.493 e. The fourth-order valence-corrected chi connectivity index (χ4v) is 2.64. The molecule has 0 spiro atoms. The molecule has 0 radical (unpaired) electrons. The molecule has 8 heteroatoms. The van der Waals surface area contributed by atoms with Crippen LogP contribution in [0.2, 0.25) is 0 Å². The lowest BCUT2D eigenvalue weighted by molar-refractivity contribution is -0.138. The number of anilines is 1. The summed E-state index contributed by atoms with van der Waals surface area (Å²) in [7, 11) is 3.14. The van der Waals surface area contributed by atoms with E-state index in [0.29, 0.717) is 16.6 Å². The molecule has 130 valence electrons. The summed E-state index contributed by atoms with van der Waals surface area (Å²) < 4.78 is 15.3. The third kappa shape index (κ3) is 4.49. The minimum atomic E-state index is -0.672. The molecule has 25 heavy (non-hydrogen) atoms. The Balaban J connectivity index is 2.17. The summed E-state index contributed by atoms with van der Waals surface area (Å²) in [5.74, 6) is 0.571. The van der Waals surface area contributed by atoms with Crippen molar-refractivity contribution in [1.29, 1.82) is 5.26 Å². The lowest BCUT2D eigenvalue weighted by atomic mass is 10.1. The molecule has 0 saturated carbocycles. The molecule has 2 aromatic rings. The highest BCUT2D eigenvalue weighted by atomic mass is 32.1. The molecule has 1 aromatic heterocycles. The Bertz CT molecular complexity index is 824. The average Bonchev–Trinajstić information content (AvgIpc) is 3.10. The number of hydrogen-bond donors (Lipinski definition) is 1. The number of rotatable bonds is 7. The first-order chi connectivity index (χ1) is 12.1. The second-order valence-corrected chi connectivity index (χ2v) is 5.50. The molecule has 0 unspecified atom stereocenters. The van der Waals surface area contributed by atoms with Crippen molar-refractivity contribution in [2.24, 2.45) is 0 Å². The first-order valence-corrected chi connectivity index (χ1v) is 8.22. The molecule has 0 aliphatic heterocycles. The van der Waals surface area contributed by atoms with Gasteiger partial charge in [-0.3, -0.25) is 0 Å². The van der Waals surface area contributed by atoms with E-state index >= 15 is 0 Å². The van der Waals surface area contributed by atoms with E-state index in [9.17, 15) is 4.79 Å². The van der Waals surface area contributed by atoms with Crippen LogP contribution in [0.25, 0.3) is 11.3 Å². The van der Waals surface area contributed by atoms with E-state index in [1.165, 1.54) is 17.5 Å². The van der Waals surface area contributed by atoms with Crippen molar-refractivity contribution in [3.05, 3.63) is 35.4 Å². The summed E-state index contributed by atoms with van der Waals surface area (Å²) in [4.78, 5) is 16.0. The number of carbonyl (C=O) groups is 1. The smallest absolute Gasteiger partial charge is 0.350 e. The van der Waals surface area contributed by atoms with Crippen molar-refractivity contribution >= 4 is 22.4 Å². The summed E-state index contributed by atoms with van der Waals surface area (Å²) in [5.41, 5.74) is 1.47. The molecule has 0 amide bonds. The zero-order chi connectivity index (χ0) is 18.2. The van der Waals surface area contributed by atoms with Gasteiger partial charge in [-0.25, -0.2) is 9.78 Å². The molecule has 0 saturated heterocycles. The monoisotopic (exact) mass is 359 g/mol. The van der Waals surface area contributed by atoms with E-state index in [2.05, 4.69) is 10.3 Å². The van der Waals surface area contributed by atoms with Crippen molar-refractivity contribution in [3.8, 4) is 28.8 Å². The Morgan fingerprint density at radius 3 is 2.76 bits per heavy atom. The summed E-state index contributed by atoms with van der Waals surface area (Å²) in [6.07, 6.45) is 1.29. The fourth-order valence-electron chi connectivity index (χ4n) is 1.95. The van der Waals surface area contributed by atoms with E-state index in [-0.39, 0.29) is 12.2 Å². The van der Waals surface area contributed by atoms with Crippen LogP contribution in [0.15, 0.2) is 35.4 Å². The van der Waals surface area contributed by atoms with Gasteiger partial charge < -0.3 is 19.5 Å². The van der Waals surface area contributed by atoms with E-state index < -0.39 is 5.97 Å². The topological polar surface area (TPSA) is 93.5 Å². The maximum absolute atomic E-state index is 11.6. The number of thiazole rings is 1. The predicted molar refractivity (Wildman–Crippen MR) is 94.6 cm³/mol. The number of esters is 1. The Morgan fingerprint density at radius 1 is 1.36 bits per heavy atom. The fraction of sp³-hybridized carbons (Fsp3) is 0.235. The molecule has 1 aromatic carbocycles. The van der Waals surface area contributed by atoms with Gasteiger partial charge in [0, 0.05) is 17.1 Å². The predicted octanol–water partition coefficient (Wildman–Crippen LogP) is 3.21. The highest BCUT2D eigenvalue weighted by Gasteiger charge is 2.11. The van der Waals surface area contributed by atoms with Crippen molar-refractivity contribution in [2.75, 3.05) is 26.1 Å². The molecule has 0 fully saturated rings. The summed E-state index contributed by atoms with van der Waals surface area (Å²) >= 11 is 1.34. The molecular weight excluding hydrogens is 342 g/mol. The molecule has 1 N–H and O–H groups in total. The second kappa shape index (κ2) is 8.70. The van der Waals surface area contributed by atoms with Crippen molar-refractivity contribution < 1.29 is 19.0 Å². The van der Waals surface area contributed by atoms with Gasteiger partial charge in [-0.1, -0.05) is 0 Å². The molecule has 0 aliphatic carbocycles. The van der Waals surface area contributed by atoms with Gasteiger partial charge in [-0.15, -0.1) is 11.3 Å². The van der Waals surface area contributed by atoms with Crippen LogP contribution in [-0.2, 0) is 9.53 Å². The second-order valence-electron chi connectivity index (χ2n) is 4.64. The number of methoxy groups -OCH3 is 2. The first-order valence-electron chi connectivity index (χ1n) is 7.34. The van der Waals surface area contributed by atoms with Crippen LogP contribution in [0.3, 0.4) is 0 Å². The molecule has 7 nitrogen and oxygen atoms in total. The van der Waals surface area contributed by atoms with E-state index in [1.54, 1.807) is 33.3 Å². The Morgan fingerprint density at radius 2 is 2.12 bits per heavy atom. The van der Waals surface area contributed by atoms with Crippen molar-refractivity contribution in [2.45, 2.75) is 6.92 Å². The molecule has 0 aliphatic rings. The maximum Gasteiger partial charge on any atom is 0.350 e. The third-order valence-electron chi connectivity index (χ3n) is 3.14. The molecular formula is C17H17N3O4S. The third-order valence-corrected chi connectivity index (χ3v) is 3.91. The van der Waals surface area contributed by atoms with Gasteiger partial charge in [0.2, 0.25) is 0 Å². The Kier molecular flexibility index (Phi) is 6.37. The highest BCUT2D eigenvalue weighted by molar-refractivity contribution is 7.14. The zero-order valence-electron chi connectivity index (χ0n) is 14.0. The maximum atomic E-state index is 11.6. The van der Waals surface area contributed by atoms with Crippen LogP contribution < -0.4 is 14.8 Å². The van der Waals surface area contributed by atoms with E-state index in [1.807, 2.05) is 17.5 Å². The van der Waals surface area contributed by atoms with Gasteiger partial charge >= 0.3 is 5.97 Å². The summed E-state index contributed by atoms with van der Waals surface area (Å²) in [6.45, 7) is 1.88. The normalized spacial score (nSPS) is 10.7. The van der Waals surface area contributed by atoms with E-state index in [0.717, 1.165) is 11.3 Å². The van der Waals surface area contributed by atoms with Gasteiger partial charge in [0.1, 0.15) is 6.07 Å². The minimum absolute atomic E-state index is 0.121. The van der Waals surface area contributed by atoms with Gasteiger partial charge in [0.05, 0.1) is 26.5 Å². The average molecular weight is 359 g/mol. The SMILES string of the molecule is CCOC(=O)/C(C#N)=C/Nc1nc(-c2ccc(OC)c(OC)c2)cs1. The summed E-state index contributed by atoms with van der Waals surface area (Å²) in [6, 6.07) is 7.29. The van der Waals surface area contributed by atoms with Gasteiger partial charge in [0.15, 0.2) is 22.2 Å². The molecule has 2 rings (SSSR count). The number of hydrogen-bond acceptors (Lipinski definition) is 8. The lowest BCUT2D eigenvalue weighted by Crippen LogP contribution is -2.07. The van der Waals surface area contributed by atoms with Crippen LogP contribution in [0.4, 0.5) is 5.13 Å². The quantitative estimate of drug-likeness (QED) is 0.461. The number of aromatic nitrogens is 1.